The molecule has 196 valence electrons. The first-order chi connectivity index (χ1) is 18.3. The van der Waals surface area contributed by atoms with Crippen molar-refractivity contribution in [2.45, 2.75) is 23.9 Å². The number of carbonyl (C=O) groups excluding carboxylic acids is 1. The van der Waals surface area contributed by atoms with Crippen molar-refractivity contribution < 1.29 is 19.2 Å². The molecule has 0 fully saturated rings. The van der Waals surface area contributed by atoms with Crippen molar-refractivity contribution in [2.75, 3.05) is 13.7 Å². The SMILES string of the molecule is COc1cccc(CSc2nnc(C(C)NC(=O)COc3ccc(Cl)cc3)n2-c2ccc([N+](=O)[O-])cc2)c1. The molecule has 1 amide bonds. The van der Waals surface area contributed by atoms with Gasteiger partial charge in [0.25, 0.3) is 11.6 Å². The Morgan fingerprint density at radius 3 is 2.53 bits per heavy atom. The van der Waals surface area contributed by atoms with Crippen LogP contribution in [0.25, 0.3) is 5.69 Å². The predicted octanol–water partition coefficient (Wildman–Crippen LogP) is 5.39. The highest BCUT2D eigenvalue weighted by Crippen LogP contribution is 2.29. The van der Waals surface area contributed by atoms with Gasteiger partial charge in [0.05, 0.1) is 18.1 Å². The van der Waals surface area contributed by atoms with E-state index in [9.17, 15) is 14.9 Å². The Hall–Kier alpha value is -4.09. The number of amides is 1. The average Bonchev–Trinajstić information content (AvgIpc) is 3.36. The van der Waals surface area contributed by atoms with Crippen LogP contribution < -0.4 is 14.8 Å². The molecule has 4 rings (SSSR count). The smallest absolute Gasteiger partial charge is 0.269 e. The number of aromatic nitrogens is 3. The number of carbonyl (C=O) groups is 1. The molecule has 0 saturated carbocycles. The van der Waals surface area contributed by atoms with Crippen LogP contribution in [-0.4, -0.2) is 39.3 Å². The lowest BCUT2D eigenvalue weighted by Gasteiger charge is -2.16. The van der Waals surface area contributed by atoms with Gasteiger partial charge in [-0.05, 0) is 61.0 Å². The molecule has 12 heteroatoms. The Bertz CT molecular complexity index is 1410. The maximum Gasteiger partial charge on any atom is 0.269 e. The molecule has 0 spiro atoms. The van der Waals surface area contributed by atoms with Gasteiger partial charge in [0.15, 0.2) is 17.6 Å². The zero-order valence-electron chi connectivity index (χ0n) is 20.5. The van der Waals surface area contributed by atoms with Crippen molar-refractivity contribution in [1.82, 2.24) is 20.1 Å². The minimum Gasteiger partial charge on any atom is -0.497 e. The summed E-state index contributed by atoms with van der Waals surface area (Å²) < 4.78 is 12.6. The van der Waals surface area contributed by atoms with E-state index in [0.29, 0.717) is 33.2 Å². The van der Waals surface area contributed by atoms with Crippen LogP contribution in [0, 0.1) is 10.1 Å². The van der Waals surface area contributed by atoms with Crippen molar-refractivity contribution >= 4 is 35.0 Å². The van der Waals surface area contributed by atoms with Crippen molar-refractivity contribution in [3.63, 3.8) is 0 Å². The number of halogens is 1. The number of nitrogens with one attached hydrogen (secondary N) is 1. The van der Waals surface area contributed by atoms with Gasteiger partial charge >= 0.3 is 0 Å². The lowest BCUT2D eigenvalue weighted by molar-refractivity contribution is -0.384. The van der Waals surface area contributed by atoms with Gasteiger partial charge in [-0.15, -0.1) is 10.2 Å². The van der Waals surface area contributed by atoms with Gasteiger partial charge in [-0.1, -0.05) is 35.5 Å². The third-order valence-corrected chi connectivity index (χ3v) is 6.68. The topological polar surface area (TPSA) is 121 Å². The second kappa shape index (κ2) is 12.4. The van der Waals surface area contributed by atoms with Crippen LogP contribution in [0.15, 0.2) is 78.0 Å². The van der Waals surface area contributed by atoms with Crippen molar-refractivity contribution in [3.05, 3.63) is 99.3 Å². The summed E-state index contributed by atoms with van der Waals surface area (Å²) in [4.78, 5) is 23.3. The average molecular weight is 554 g/mol. The van der Waals surface area contributed by atoms with E-state index < -0.39 is 11.0 Å². The van der Waals surface area contributed by atoms with Crippen molar-refractivity contribution in [1.29, 1.82) is 0 Å². The highest BCUT2D eigenvalue weighted by molar-refractivity contribution is 7.98. The number of benzene rings is 3. The summed E-state index contributed by atoms with van der Waals surface area (Å²) in [5, 5.41) is 23.9. The van der Waals surface area contributed by atoms with Crippen molar-refractivity contribution in [3.8, 4) is 17.2 Å². The number of hydrogen-bond donors (Lipinski definition) is 1. The number of non-ortho nitro benzene ring substituents is 1. The molecule has 4 aromatic rings. The van der Waals surface area contributed by atoms with Gasteiger partial charge < -0.3 is 14.8 Å². The third kappa shape index (κ3) is 6.81. The molecular formula is C26H24ClN5O5S. The van der Waals surface area contributed by atoms with Crippen LogP contribution in [0.1, 0.15) is 24.4 Å². The molecule has 0 saturated heterocycles. The minimum atomic E-state index is -0.537. The second-order valence-corrected chi connectivity index (χ2v) is 9.50. The minimum absolute atomic E-state index is 0.0327. The normalized spacial score (nSPS) is 11.6. The molecule has 1 atom stereocenters. The van der Waals surface area contributed by atoms with Gasteiger partial charge in [0.1, 0.15) is 11.5 Å². The number of nitrogens with zero attached hydrogens (tertiary/aromatic N) is 4. The van der Waals surface area contributed by atoms with Gasteiger partial charge in [-0.2, -0.15) is 0 Å². The van der Waals surface area contributed by atoms with Crippen LogP contribution in [0.5, 0.6) is 11.5 Å². The Kier molecular flexibility index (Phi) is 8.82. The monoisotopic (exact) mass is 553 g/mol. The number of ether oxygens (including phenoxy) is 2. The third-order valence-electron chi connectivity index (χ3n) is 5.43. The molecule has 0 bridgehead atoms. The second-order valence-electron chi connectivity index (χ2n) is 8.12. The summed E-state index contributed by atoms with van der Waals surface area (Å²) in [6.07, 6.45) is 0. The molecule has 0 aliphatic carbocycles. The Morgan fingerprint density at radius 1 is 1.11 bits per heavy atom. The van der Waals surface area contributed by atoms with Gasteiger partial charge in [-0.3, -0.25) is 19.5 Å². The number of hydrogen-bond acceptors (Lipinski definition) is 8. The van der Waals surface area contributed by atoms with Gasteiger partial charge in [0.2, 0.25) is 0 Å². The van der Waals surface area contributed by atoms with Crippen LogP contribution in [0.4, 0.5) is 5.69 Å². The molecule has 10 nitrogen and oxygen atoms in total. The lowest BCUT2D eigenvalue weighted by Crippen LogP contribution is -2.32. The maximum absolute atomic E-state index is 12.6. The number of thioether (sulfide) groups is 1. The standard InChI is InChI=1S/C26H24ClN5O5S/c1-17(28-24(33)15-37-22-12-6-19(27)7-13-22)25-29-30-26(38-16-18-4-3-5-23(14-18)36-2)31(25)20-8-10-21(11-9-20)32(34)35/h3-14,17H,15-16H2,1-2H3,(H,28,33). The van der Waals surface area contributed by atoms with E-state index in [1.807, 2.05) is 24.3 Å². The van der Waals surface area contributed by atoms with Crippen LogP contribution in [0.3, 0.4) is 0 Å². The lowest BCUT2D eigenvalue weighted by atomic mass is 10.2. The van der Waals surface area contributed by atoms with E-state index in [1.165, 1.54) is 23.9 Å². The van der Waals surface area contributed by atoms with Gasteiger partial charge in [0, 0.05) is 28.6 Å². The Labute approximate surface area is 228 Å². The largest absolute Gasteiger partial charge is 0.497 e. The van der Waals surface area contributed by atoms with Crippen LogP contribution in [-0.2, 0) is 10.5 Å². The fourth-order valence-electron chi connectivity index (χ4n) is 3.56. The Balaban J connectivity index is 1.54. The van der Waals surface area contributed by atoms with Crippen LogP contribution in [0.2, 0.25) is 5.02 Å². The summed E-state index contributed by atoms with van der Waals surface area (Å²) in [5.74, 6) is 1.96. The summed E-state index contributed by atoms with van der Waals surface area (Å²) in [6.45, 7) is 1.58. The van der Waals surface area contributed by atoms with E-state index in [2.05, 4.69) is 15.5 Å². The van der Waals surface area contributed by atoms with E-state index in [-0.39, 0.29) is 18.2 Å². The quantitative estimate of drug-likeness (QED) is 0.149. The molecule has 3 aromatic carbocycles. The molecule has 0 aliphatic heterocycles. The summed E-state index contributed by atoms with van der Waals surface area (Å²) in [5.41, 5.74) is 1.62. The summed E-state index contributed by atoms with van der Waals surface area (Å²) in [6, 6.07) is 19.9. The van der Waals surface area contributed by atoms with Crippen molar-refractivity contribution in [2.24, 2.45) is 0 Å². The highest BCUT2D eigenvalue weighted by atomic mass is 35.5. The first kappa shape index (κ1) is 27.0. The molecule has 1 N–H and O–H groups in total. The summed E-state index contributed by atoms with van der Waals surface area (Å²) in [7, 11) is 1.61. The molecule has 1 unspecified atom stereocenters. The first-order valence-corrected chi connectivity index (χ1v) is 12.8. The fourth-order valence-corrected chi connectivity index (χ4v) is 4.59. The highest BCUT2D eigenvalue weighted by Gasteiger charge is 2.22. The van der Waals surface area contributed by atoms with Gasteiger partial charge in [-0.25, -0.2) is 0 Å². The Morgan fingerprint density at radius 2 is 1.84 bits per heavy atom. The number of rotatable bonds is 11. The first-order valence-electron chi connectivity index (χ1n) is 11.5. The van der Waals surface area contributed by atoms with E-state index in [1.54, 1.807) is 55.0 Å². The predicted molar refractivity (Wildman–Crippen MR) is 144 cm³/mol. The van der Waals surface area contributed by atoms with E-state index in [4.69, 9.17) is 21.1 Å². The number of methoxy groups -OCH3 is 1. The zero-order chi connectivity index (χ0) is 27.1. The van der Waals surface area contributed by atoms with E-state index >= 15 is 0 Å². The molecular weight excluding hydrogens is 530 g/mol. The fraction of sp³-hybridized carbons (Fsp3) is 0.192. The molecule has 1 aromatic heterocycles. The zero-order valence-corrected chi connectivity index (χ0v) is 22.1. The summed E-state index contributed by atoms with van der Waals surface area (Å²) >= 11 is 7.32. The molecule has 1 heterocycles. The molecule has 0 radical (unpaired) electrons. The molecule has 38 heavy (non-hydrogen) atoms. The number of nitro groups is 1. The number of nitro benzene ring substituents is 1. The van der Waals surface area contributed by atoms with E-state index in [0.717, 1.165) is 11.3 Å². The maximum atomic E-state index is 12.6. The van der Waals surface area contributed by atoms with Crippen LogP contribution >= 0.6 is 23.4 Å². The molecule has 0 aliphatic rings.